The molecule has 0 saturated heterocycles. The third-order valence-electron chi connectivity index (χ3n) is 2.86. The van der Waals surface area contributed by atoms with Gasteiger partial charge in [-0.1, -0.05) is 18.2 Å². The van der Waals surface area contributed by atoms with Gasteiger partial charge < -0.3 is 13.9 Å². The van der Waals surface area contributed by atoms with Gasteiger partial charge in [0.2, 0.25) is 0 Å². The lowest BCUT2D eigenvalue weighted by molar-refractivity contribution is -0.130. The van der Waals surface area contributed by atoms with Gasteiger partial charge in [-0.2, -0.15) is 0 Å². The second kappa shape index (κ2) is 5.66. The molecule has 0 unspecified atom stereocenters. The quantitative estimate of drug-likeness (QED) is 0.639. The minimum atomic E-state index is -0.507. The number of nitrogens with zero attached hydrogens (tertiary/aromatic N) is 1. The maximum Gasteiger partial charge on any atom is 0.363 e. The molecule has 0 aliphatic carbocycles. The van der Waals surface area contributed by atoms with Gasteiger partial charge in [0.1, 0.15) is 5.75 Å². The van der Waals surface area contributed by atoms with E-state index in [2.05, 4.69) is 4.99 Å². The minimum absolute atomic E-state index is 0.171. The molecular weight excluding hydrogens is 270 g/mol. The number of hydrogen-bond acceptors (Lipinski definition) is 5. The van der Waals surface area contributed by atoms with Crippen molar-refractivity contribution in [3.05, 3.63) is 59.7 Å². The van der Waals surface area contributed by atoms with Gasteiger partial charge in [0, 0.05) is 5.56 Å². The van der Waals surface area contributed by atoms with Crippen molar-refractivity contribution in [2.75, 3.05) is 6.61 Å². The molecule has 1 aromatic heterocycles. The van der Waals surface area contributed by atoms with E-state index in [0.717, 1.165) is 5.56 Å². The molecule has 0 radical (unpaired) electrons. The van der Waals surface area contributed by atoms with Crippen molar-refractivity contribution >= 4 is 17.9 Å². The molecule has 0 atom stereocenters. The van der Waals surface area contributed by atoms with Gasteiger partial charge in [-0.3, -0.25) is 0 Å². The first-order chi connectivity index (χ1) is 10.3. The van der Waals surface area contributed by atoms with Crippen LogP contribution in [0.3, 0.4) is 0 Å². The Bertz CT molecular complexity index is 714. The molecule has 3 rings (SSSR count). The van der Waals surface area contributed by atoms with Crippen LogP contribution in [0, 0.1) is 0 Å². The Kier molecular flexibility index (Phi) is 3.55. The maximum atomic E-state index is 11.9. The van der Waals surface area contributed by atoms with Crippen molar-refractivity contribution in [2.45, 2.75) is 6.92 Å². The van der Waals surface area contributed by atoms with Crippen LogP contribution in [0.5, 0.6) is 5.75 Å². The summed E-state index contributed by atoms with van der Waals surface area (Å²) in [6.45, 7) is 2.45. The summed E-state index contributed by atoms with van der Waals surface area (Å²) in [5.41, 5.74) is 0.990. The van der Waals surface area contributed by atoms with Gasteiger partial charge in [-0.05, 0) is 31.2 Å². The molecule has 0 fully saturated rings. The number of furan rings is 1. The van der Waals surface area contributed by atoms with Crippen molar-refractivity contribution in [1.29, 1.82) is 0 Å². The second-order valence-corrected chi connectivity index (χ2v) is 4.28. The number of para-hydroxylation sites is 1. The number of rotatable bonds is 4. The Balaban J connectivity index is 1.95. The number of cyclic esters (lactones) is 1. The summed E-state index contributed by atoms with van der Waals surface area (Å²) in [5.74, 6) is 0.782. The zero-order valence-electron chi connectivity index (χ0n) is 11.4. The largest absolute Gasteiger partial charge is 0.493 e. The van der Waals surface area contributed by atoms with Crippen molar-refractivity contribution in [1.82, 2.24) is 0 Å². The predicted molar refractivity (Wildman–Crippen MR) is 76.9 cm³/mol. The van der Waals surface area contributed by atoms with Gasteiger partial charge >= 0.3 is 5.97 Å². The smallest absolute Gasteiger partial charge is 0.363 e. The van der Waals surface area contributed by atoms with E-state index in [1.807, 2.05) is 31.2 Å². The van der Waals surface area contributed by atoms with Gasteiger partial charge in [-0.25, -0.2) is 9.79 Å². The van der Waals surface area contributed by atoms with Crippen LogP contribution < -0.4 is 4.74 Å². The number of carbonyl (C=O) groups excluding carboxylic acids is 1. The molecule has 0 N–H and O–H groups in total. The van der Waals surface area contributed by atoms with Crippen LogP contribution in [0.4, 0.5) is 0 Å². The summed E-state index contributed by atoms with van der Waals surface area (Å²) >= 11 is 0. The van der Waals surface area contributed by atoms with Crippen LogP contribution in [0.1, 0.15) is 18.2 Å². The monoisotopic (exact) mass is 283 g/mol. The molecule has 1 aliphatic rings. The maximum absolute atomic E-state index is 11.9. The lowest BCUT2D eigenvalue weighted by Crippen LogP contribution is -2.04. The zero-order chi connectivity index (χ0) is 14.7. The summed E-state index contributed by atoms with van der Waals surface area (Å²) in [7, 11) is 0. The minimum Gasteiger partial charge on any atom is -0.493 e. The summed E-state index contributed by atoms with van der Waals surface area (Å²) in [4.78, 5) is 16.0. The fourth-order valence-corrected chi connectivity index (χ4v) is 1.95. The van der Waals surface area contributed by atoms with Crippen LogP contribution in [0.25, 0.3) is 6.08 Å². The normalized spacial score (nSPS) is 16.0. The lowest BCUT2D eigenvalue weighted by atomic mass is 10.1. The van der Waals surface area contributed by atoms with E-state index < -0.39 is 5.97 Å². The molecule has 1 aromatic carbocycles. The standard InChI is InChI=1S/C16H13NO4/c1-2-19-13-7-4-3-6-11(13)10-12-16(18)21-15(17-12)14-8-5-9-20-14/h3-10H,2H2,1H3. The SMILES string of the molecule is CCOc1ccccc1C=C1N=C(c2ccco2)OC1=O. The van der Waals surface area contributed by atoms with Gasteiger partial charge in [0.15, 0.2) is 11.5 Å². The third-order valence-corrected chi connectivity index (χ3v) is 2.86. The first-order valence-corrected chi connectivity index (χ1v) is 6.56. The molecule has 106 valence electrons. The average molecular weight is 283 g/mol. The number of esters is 1. The van der Waals surface area contributed by atoms with Crippen LogP contribution in [0.15, 0.2) is 57.8 Å². The van der Waals surface area contributed by atoms with Crippen LogP contribution in [0.2, 0.25) is 0 Å². The highest BCUT2D eigenvalue weighted by Gasteiger charge is 2.26. The Morgan fingerprint density at radius 1 is 1.24 bits per heavy atom. The molecule has 0 saturated carbocycles. The highest BCUT2D eigenvalue weighted by Crippen LogP contribution is 2.24. The predicted octanol–water partition coefficient (Wildman–Crippen LogP) is 3.02. The Hall–Kier alpha value is -2.82. The highest BCUT2D eigenvalue weighted by atomic mass is 16.6. The summed E-state index contributed by atoms with van der Waals surface area (Å²) < 4.78 is 15.8. The third kappa shape index (κ3) is 2.72. The molecule has 0 bridgehead atoms. The van der Waals surface area contributed by atoms with Crippen LogP contribution >= 0.6 is 0 Å². The fraction of sp³-hybridized carbons (Fsp3) is 0.125. The zero-order valence-corrected chi connectivity index (χ0v) is 11.4. The molecule has 5 heteroatoms. The molecule has 21 heavy (non-hydrogen) atoms. The Labute approximate surface area is 121 Å². The lowest BCUT2D eigenvalue weighted by Gasteiger charge is -2.06. The highest BCUT2D eigenvalue weighted by molar-refractivity contribution is 6.11. The number of ether oxygens (including phenoxy) is 2. The van der Waals surface area contributed by atoms with E-state index in [0.29, 0.717) is 18.1 Å². The van der Waals surface area contributed by atoms with E-state index >= 15 is 0 Å². The Morgan fingerprint density at radius 2 is 2.10 bits per heavy atom. The first kappa shape index (κ1) is 13.2. The van der Waals surface area contributed by atoms with Gasteiger partial charge in [0.05, 0.1) is 12.9 Å². The molecule has 0 amide bonds. The van der Waals surface area contributed by atoms with Crippen molar-refractivity contribution < 1.29 is 18.7 Å². The molecule has 0 spiro atoms. The van der Waals surface area contributed by atoms with Crippen molar-refractivity contribution in [3.63, 3.8) is 0 Å². The van der Waals surface area contributed by atoms with Gasteiger partial charge in [-0.15, -0.1) is 0 Å². The molecule has 5 nitrogen and oxygen atoms in total. The number of hydrogen-bond donors (Lipinski definition) is 0. The number of aliphatic imine (C=N–C) groups is 1. The summed E-state index contributed by atoms with van der Waals surface area (Å²) in [6.07, 6.45) is 3.14. The van der Waals surface area contributed by atoms with E-state index in [1.165, 1.54) is 6.26 Å². The van der Waals surface area contributed by atoms with Crippen LogP contribution in [-0.2, 0) is 9.53 Å². The first-order valence-electron chi connectivity index (χ1n) is 6.56. The second-order valence-electron chi connectivity index (χ2n) is 4.28. The van der Waals surface area contributed by atoms with E-state index in [1.54, 1.807) is 18.2 Å². The number of benzene rings is 1. The molecule has 2 aromatic rings. The average Bonchev–Trinajstić information content (AvgIpc) is 3.12. The summed E-state index contributed by atoms with van der Waals surface area (Å²) in [6, 6.07) is 10.8. The molecule has 2 heterocycles. The fourth-order valence-electron chi connectivity index (χ4n) is 1.95. The van der Waals surface area contributed by atoms with E-state index in [4.69, 9.17) is 13.9 Å². The topological polar surface area (TPSA) is 61.0 Å². The van der Waals surface area contributed by atoms with Crippen LogP contribution in [-0.4, -0.2) is 18.5 Å². The molecular formula is C16H13NO4. The Morgan fingerprint density at radius 3 is 2.86 bits per heavy atom. The van der Waals surface area contributed by atoms with E-state index in [9.17, 15) is 4.79 Å². The molecule has 1 aliphatic heterocycles. The van der Waals surface area contributed by atoms with Crippen molar-refractivity contribution in [2.24, 2.45) is 4.99 Å². The number of carbonyl (C=O) groups is 1. The summed E-state index contributed by atoms with van der Waals surface area (Å²) in [5, 5.41) is 0. The van der Waals surface area contributed by atoms with Gasteiger partial charge in [0.25, 0.3) is 5.90 Å². The van der Waals surface area contributed by atoms with E-state index in [-0.39, 0.29) is 11.6 Å². The van der Waals surface area contributed by atoms with Crippen molar-refractivity contribution in [3.8, 4) is 5.75 Å².